The predicted octanol–water partition coefficient (Wildman–Crippen LogP) is 2.84. The van der Waals surface area contributed by atoms with Crippen molar-refractivity contribution in [1.82, 2.24) is 10.1 Å². The van der Waals surface area contributed by atoms with E-state index in [4.69, 9.17) is 4.74 Å². The van der Waals surface area contributed by atoms with E-state index in [-0.39, 0.29) is 5.75 Å². The summed E-state index contributed by atoms with van der Waals surface area (Å²) in [5, 5.41) is 13.4. The maximum absolute atomic E-state index is 10.9. The van der Waals surface area contributed by atoms with Gasteiger partial charge in [0, 0.05) is 5.56 Å². The molecule has 0 aliphatic carbocycles. The standard InChI is InChI=1S/C15H12N2O4/c1-9-2-7-13(12(18)8-9)20-11-5-3-10(4-6-11)14-16-15(19)21-17-14/h2-8,18H,1H3,(H,16,17,19). The first-order chi connectivity index (χ1) is 10.1. The quantitative estimate of drug-likeness (QED) is 0.772. The molecule has 6 heteroatoms. The highest BCUT2D eigenvalue weighted by atomic mass is 16.5. The third-order valence-corrected chi connectivity index (χ3v) is 2.91. The molecular formula is C15H12N2O4. The van der Waals surface area contributed by atoms with Crippen LogP contribution in [0.4, 0.5) is 0 Å². The monoisotopic (exact) mass is 284 g/mol. The van der Waals surface area contributed by atoms with Gasteiger partial charge in [-0.2, -0.15) is 0 Å². The minimum atomic E-state index is -0.602. The molecule has 0 aliphatic heterocycles. The van der Waals surface area contributed by atoms with E-state index in [2.05, 4.69) is 14.7 Å². The number of benzene rings is 2. The van der Waals surface area contributed by atoms with Crippen molar-refractivity contribution < 1.29 is 14.4 Å². The molecule has 2 aromatic carbocycles. The van der Waals surface area contributed by atoms with Crippen LogP contribution in [0, 0.1) is 6.92 Å². The van der Waals surface area contributed by atoms with Crippen molar-refractivity contribution in [3.05, 3.63) is 58.6 Å². The first kappa shape index (κ1) is 13.0. The van der Waals surface area contributed by atoms with E-state index in [0.29, 0.717) is 22.9 Å². The summed E-state index contributed by atoms with van der Waals surface area (Å²) in [5.41, 5.74) is 1.64. The summed E-state index contributed by atoms with van der Waals surface area (Å²) >= 11 is 0. The number of nitrogens with zero attached hydrogens (tertiary/aromatic N) is 1. The Bertz CT molecular complexity index is 818. The Labute approximate surface area is 119 Å². The summed E-state index contributed by atoms with van der Waals surface area (Å²) in [6, 6.07) is 12.1. The number of phenols is 1. The molecule has 0 aliphatic rings. The first-order valence-corrected chi connectivity index (χ1v) is 6.26. The summed E-state index contributed by atoms with van der Waals surface area (Å²) in [6.45, 7) is 1.89. The third-order valence-electron chi connectivity index (χ3n) is 2.91. The van der Waals surface area contributed by atoms with Gasteiger partial charge in [0.2, 0.25) is 0 Å². The van der Waals surface area contributed by atoms with E-state index >= 15 is 0 Å². The number of aromatic amines is 1. The molecule has 0 amide bonds. The third kappa shape index (κ3) is 2.79. The molecule has 1 aromatic heterocycles. The maximum atomic E-state index is 10.9. The van der Waals surface area contributed by atoms with E-state index in [9.17, 15) is 9.90 Å². The lowest BCUT2D eigenvalue weighted by molar-refractivity contribution is 0.388. The number of nitrogens with one attached hydrogen (secondary N) is 1. The van der Waals surface area contributed by atoms with Crippen LogP contribution in [0.3, 0.4) is 0 Å². The van der Waals surface area contributed by atoms with Gasteiger partial charge in [0.15, 0.2) is 17.3 Å². The van der Waals surface area contributed by atoms with Crippen molar-refractivity contribution in [1.29, 1.82) is 0 Å². The van der Waals surface area contributed by atoms with Gasteiger partial charge in [0.05, 0.1) is 0 Å². The van der Waals surface area contributed by atoms with Crippen molar-refractivity contribution in [2.45, 2.75) is 6.92 Å². The topological polar surface area (TPSA) is 88.4 Å². The highest BCUT2D eigenvalue weighted by Gasteiger charge is 2.06. The van der Waals surface area contributed by atoms with Crippen LogP contribution >= 0.6 is 0 Å². The van der Waals surface area contributed by atoms with Crippen LogP contribution in [-0.2, 0) is 0 Å². The number of hydrogen-bond donors (Lipinski definition) is 2. The van der Waals surface area contributed by atoms with Crippen molar-refractivity contribution in [3.8, 4) is 28.6 Å². The number of hydrogen-bond acceptors (Lipinski definition) is 5. The zero-order chi connectivity index (χ0) is 14.8. The summed E-state index contributed by atoms with van der Waals surface area (Å²) in [6.07, 6.45) is 0. The molecule has 1 heterocycles. The van der Waals surface area contributed by atoms with Gasteiger partial charge >= 0.3 is 5.76 Å². The number of aryl methyl sites for hydroxylation is 1. The molecule has 0 atom stereocenters. The van der Waals surface area contributed by atoms with E-state index in [1.807, 2.05) is 13.0 Å². The average molecular weight is 284 g/mol. The van der Waals surface area contributed by atoms with E-state index in [0.717, 1.165) is 5.56 Å². The smallest absolute Gasteiger partial charge is 0.439 e. The van der Waals surface area contributed by atoms with Crippen LogP contribution < -0.4 is 10.5 Å². The lowest BCUT2D eigenvalue weighted by Gasteiger charge is -2.08. The average Bonchev–Trinajstić information content (AvgIpc) is 2.89. The molecule has 0 radical (unpaired) electrons. The second-order valence-electron chi connectivity index (χ2n) is 4.54. The Morgan fingerprint density at radius 1 is 1.19 bits per heavy atom. The highest BCUT2D eigenvalue weighted by molar-refractivity contribution is 5.55. The largest absolute Gasteiger partial charge is 0.504 e. The van der Waals surface area contributed by atoms with E-state index in [1.54, 1.807) is 36.4 Å². The van der Waals surface area contributed by atoms with Crippen molar-refractivity contribution in [3.63, 3.8) is 0 Å². The minimum absolute atomic E-state index is 0.0832. The Morgan fingerprint density at radius 2 is 1.95 bits per heavy atom. The number of H-pyrrole nitrogens is 1. The van der Waals surface area contributed by atoms with E-state index in [1.165, 1.54) is 0 Å². The normalized spacial score (nSPS) is 10.5. The van der Waals surface area contributed by atoms with Gasteiger partial charge in [-0.05, 0) is 48.9 Å². The number of aromatic hydroxyl groups is 1. The fourth-order valence-electron chi connectivity index (χ4n) is 1.88. The second-order valence-corrected chi connectivity index (χ2v) is 4.54. The van der Waals surface area contributed by atoms with Crippen molar-refractivity contribution >= 4 is 0 Å². The summed E-state index contributed by atoms with van der Waals surface area (Å²) < 4.78 is 10.0. The maximum Gasteiger partial charge on any atom is 0.439 e. The van der Waals surface area contributed by atoms with E-state index < -0.39 is 5.76 Å². The lowest BCUT2D eigenvalue weighted by atomic mass is 10.2. The van der Waals surface area contributed by atoms with Gasteiger partial charge in [-0.1, -0.05) is 11.2 Å². The molecular weight excluding hydrogens is 272 g/mol. The Hall–Kier alpha value is -3.02. The molecule has 0 fully saturated rings. The molecule has 0 unspecified atom stereocenters. The number of rotatable bonds is 3. The van der Waals surface area contributed by atoms with Crippen LogP contribution in [0.5, 0.6) is 17.2 Å². The SMILES string of the molecule is Cc1ccc(Oc2ccc(-c3noc(=O)[nH]3)cc2)c(O)c1. The van der Waals surface area contributed by atoms with Crippen LogP contribution in [0.15, 0.2) is 51.8 Å². The zero-order valence-electron chi connectivity index (χ0n) is 11.2. The highest BCUT2D eigenvalue weighted by Crippen LogP contribution is 2.31. The molecule has 3 aromatic rings. The van der Waals surface area contributed by atoms with Gasteiger partial charge < -0.3 is 9.84 Å². The number of ether oxygens (including phenoxy) is 1. The van der Waals surface area contributed by atoms with Gasteiger partial charge in [-0.3, -0.25) is 9.51 Å². The summed E-state index contributed by atoms with van der Waals surface area (Å²) in [7, 11) is 0. The van der Waals surface area contributed by atoms with Crippen LogP contribution in [0.1, 0.15) is 5.56 Å². The van der Waals surface area contributed by atoms with Crippen LogP contribution in [0.2, 0.25) is 0 Å². The molecule has 0 bridgehead atoms. The molecule has 0 saturated carbocycles. The first-order valence-electron chi connectivity index (χ1n) is 6.26. The fraction of sp³-hybridized carbons (Fsp3) is 0.0667. The van der Waals surface area contributed by atoms with Gasteiger partial charge in [-0.25, -0.2) is 4.79 Å². The molecule has 106 valence electrons. The Morgan fingerprint density at radius 3 is 2.57 bits per heavy atom. The number of aromatic nitrogens is 2. The van der Waals surface area contributed by atoms with Crippen molar-refractivity contribution in [2.75, 3.05) is 0 Å². The molecule has 6 nitrogen and oxygen atoms in total. The molecule has 0 spiro atoms. The molecule has 2 N–H and O–H groups in total. The van der Waals surface area contributed by atoms with Gasteiger partial charge in [0.1, 0.15) is 5.75 Å². The molecule has 0 saturated heterocycles. The predicted molar refractivity (Wildman–Crippen MR) is 75.5 cm³/mol. The van der Waals surface area contributed by atoms with Gasteiger partial charge in [-0.15, -0.1) is 0 Å². The minimum Gasteiger partial charge on any atom is -0.504 e. The van der Waals surface area contributed by atoms with Crippen LogP contribution in [-0.4, -0.2) is 15.2 Å². The summed E-state index contributed by atoms with van der Waals surface area (Å²) in [5.74, 6) is 0.770. The summed E-state index contributed by atoms with van der Waals surface area (Å²) in [4.78, 5) is 13.4. The lowest BCUT2D eigenvalue weighted by Crippen LogP contribution is -1.94. The second kappa shape index (κ2) is 5.16. The number of phenolic OH excluding ortho intramolecular Hbond substituents is 1. The molecule has 21 heavy (non-hydrogen) atoms. The Kier molecular flexibility index (Phi) is 3.19. The Balaban J connectivity index is 1.82. The fourth-order valence-corrected chi connectivity index (χ4v) is 1.88. The van der Waals surface area contributed by atoms with Gasteiger partial charge in [0.25, 0.3) is 0 Å². The zero-order valence-corrected chi connectivity index (χ0v) is 11.2. The molecule has 3 rings (SSSR count). The van der Waals surface area contributed by atoms with Crippen LogP contribution in [0.25, 0.3) is 11.4 Å². The van der Waals surface area contributed by atoms with Crippen molar-refractivity contribution in [2.24, 2.45) is 0 Å².